The average molecular weight is 311 g/mol. The lowest BCUT2D eigenvalue weighted by Crippen LogP contribution is -2.29. The molecule has 0 spiro atoms. The SMILES string of the molecule is CCCOCCOC1CCC(C2CCC(CCC)CC2)CC1. The smallest absolute Gasteiger partial charge is 0.0704 e. The Labute approximate surface area is 138 Å². The monoisotopic (exact) mass is 310 g/mol. The van der Waals surface area contributed by atoms with E-state index >= 15 is 0 Å². The van der Waals surface area contributed by atoms with Gasteiger partial charge in [-0.2, -0.15) is 0 Å². The molecule has 2 aliphatic rings. The molecule has 0 saturated heterocycles. The summed E-state index contributed by atoms with van der Waals surface area (Å²) in [5.74, 6) is 3.07. The standard InChI is InChI=1S/C20H38O2/c1-3-5-17-6-8-18(9-7-17)19-10-12-20(13-11-19)22-16-15-21-14-4-2/h17-20H,3-16H2,1-2H3. The van der Waals surface area contributed by atoms with E-state index in [1.807, 2.05) is 0 Å². The second kappa shape index (κ2) is 10.6. The van der Waals surface area contributed by atoms with Crippen molar-refractivity contribution in [3.8, 4) is 0 Å². The Morgan fingerprint density at radius 3 is 1.91 bits per heavy atom. The molecule has 0 aliphatic heterocycles. The summed E-state index contributed by atoms with van der Waals surface area (Å²) >= 11 is 0. The highest BCUT2D eigenvalue weighted by Gasteiger charge is 2.30. The summed E-state index contributed by atoms with van der Waals surface area (Å²) in [4.78, 5) is 0. The summed E-state index contributed by atoms with van der Waals surface area (Å²) in [6.45, 7) is 6.92. The van der Waals surface area contributed by atoms with Gasteiger partial charge in [0.1, 0.15) is 0 Å². The molecule has 2 aliphatic carbocycles. The highest BCUT2D eigenvalue weighted by atomic mass is 16.5. The van der Waals surface area contributed by atoms with Crippen LogP contribution >= 0.6 is 0 Å². The summed E-state index contributed by atoms with van der Waals surface area (Å²) in [7, 11) is 0. The van der Waals surface area contributed by atoms with E-state index in [2.05, 4.69) is 13.8 Å². The third kappa shape index (κ3) is 6.20. The highest BCUT2D eigenvalue weighted by molar-refractivity contribution is 4.82. The summed E-state index contributed by atoms with van der Waals surface area (Å²) in [6.07, 6.45) is 15.9. The molecule has 2 heteroatoms. The predicted molar refractivity (Wildman–Crippen MR) is 93.2 cm³/mol. The normalized spacial score (nSPS) is 33.0. The third-order valence-corrected chi connectivity index (χ3v) is 5.90. The van der Waals surface area contributed by atoms with Gasteiger partial charge in [-0.1, -0.05) is 39.5 Å². The number of hydrogen-bond acceptors (Lipinski definition) is 2. The van der Waals surface area contributed by atoms with Crippen molar-refractivity contribution < 1.29 is 9.47 Å². The fourth-order valence-electron chi connectivity index (χ4n) is 4.60. The van der Waals surface area contributed by atoms with E-state index in [9.17, 15) is 0 Å². The Bertz CT molecular complexity index is 263. The minimum Gasteiger partial charge on any atom is -0.379 e. The Balaban J connectivity index is 1.55. The Kier molecular flexibility index (Phi) is 8.84. The lowest BCUT2D eigenvalue weighted by Gasteiger charge is -2.37. The fraction of sp³-hybridized carbons (Fsp3) is 1.00. The molecule has 0 aromatic heterocycles. The van der Waals surface area contributed by atoms with Crippen molar-refractivity contribution in [2.45, 2.75) is 90.6 Å². The third-order valence-electron chi connectivity index (χ3n) is 5.90. The minimum atomic E-state index is 0.512. The molecule has 2 nitrogen and oxygen atoms in total. The van der Waals surface area contributed by atoms with E-state index in [0.29, 0.717) is 6.10 Å². The van der Waals surface area contributed by atoms with Gasteiger partial charge in [-0.15, -0.1) is 0 Å². The maximum Gasteiger partial charge on any atom is 0.0704 e. The van der Waals surface area contributed by atoms with Crippen LogP contribution < -0.4 is 0 Å². The first-order chi connectivity index (χ1) is 10.8. The number of hydrogen-bond donors (Lipinski definition) is 0. The van der Waals surface area contributed by atoms with Crippen molar-refractivity contribution in [2.24, 2.45) is 17.8 Å². The summed E-state index contributed by atoms with van der Waals surface area (Å²) in [5.41, 5.74) is 0. The van der Waals surface area contributed by atoms with Crippen molar-refractivity contribution in [3.05, 3.63) is 0 Å². The van der Waals surface area contributed by atoms with E-state index in [-0.39, 0.29) is 0 Å². The Morgan fingerprint density at radius 1 is 0.682 bits per heavy atom. The van der Waals surface area contributed by atoms with Crippen LogP contribution in [0, 0.1) is 17.8 Å². The molecule has 0 bridgehead atoms. The summed E-state index contributed by atoms with van der Waals surface area (Å²) in [6, 6.07) is 0. The van der Waals surface area contributed by atoms with Crippen LogP contribution in [0.4, 0.5) is 0 Å². The molecule has 0 radical (unpaired) electrons. The molecule has 0 aromatic rings. The first-order valence-corrected chi connectivity index (χ1v) is 10.0. The zero-order valence-electron chi connectivity index (χ0n) is 15.0. The van der Waals surface area contributed by atoms with E-state index in [1.54, 1.807) is 0 Å². The second-order valence-electron chi connectivity index (χ2n) is 7.59. The molecule has 0 atom stereocenters. The van der Waals surface area contributed by atoms with Crippen LogP contribution in [-0.2, 0) is 9.47 Å². The van der Waals surface area contributed by atoms with Crippen LogP contribution in [0.1, 0.15) is 84.5 Å². The molecule has 0 aromatic carbocycles. The van der Waals surface area contributed by atoms with Crippen molar-refractivity contribution in [1.82, 2.24) is 0 Å². The van der Waals surface area contributed by atoms with Gasteiger partial charge in [-0.25, -0.2) is 0 Å². The second-order valence-corrected chi connectivity index (χ2v) is 7.59. The maximum absolute atomic E-state index is 5.99. The average Bonchev–Trinajstić information content (AvgIpc) is 2.56. The van der Waals surface area contributed by atoms with Crippen molar-refractivity contribution in [3.63, 3.8) is 0 Å². The molecule has 2 fully saturated rings. The molecule has 22 heavy (non-hydrogen) atoms. The quantitative estimate of drug-likeness (QED) is 0.516. The first kappa shape index (κ1) is 18.3. The van der Waals surface area contributed by atoms with Gasteiger partial charge >= 0.3 is 0 Å². The van der Waals surface area contributed by atoms with Crippen LogP contribution in [0.15, 0.2) is 0 Å². The summed E-state index contributed by atoms with van der Waals surface area (Å²) < 4.78 is 11.5. The lowest BCUT2D eigenvalue weighted by atomic mass is 9.70. The van der Waals surface area contributed by atoms with Crippen LogP contribution in [0.2, 0.25) is 0 Å². The molecule has 0 unspecified atom stereocenters. The predicted octanol–water partition coefficient (Wildman–Crippen LogP) is 5.59. The van der Waals surface area contributed by atoms with Gasteiger partial charge in [0, 0.05) is 6.61 Å². The van der Waals surface area contributed by atoms with Crippen molar-refractivity contribution >= 4 is 0 Å². The Morgan fingerprint density at radius 2 is 1.32 bits per heavy atom. The van der Waals surface area contributed by atoms with Crippen molar-refractivity contribution in [2.75, 3.05) is 19.8 Å². The van der Waals surface area contributed by atoms with Gasteiger partial charge < -0.3 is 9.47 Å². The first-order valence-electron chi connectivity index (χ1n) is 10.0. The van der Waals surface area contributed by atoms with Crippen LogP contribution in [-0.4, -0.2) is 25.9 Å². The van der Waals surface area contributed by atoms with Crippen LogP contribution in [0.25, 0.3) is 0 Å². The fourth-order valence-corrected chi connectivity index (χ4v) is 4.60. The molecule has 0 amide bonds. The Hall–Kier alpha value is -0.0800. The summed E-state index contributed by atoms with van der Waals surface area (Å²) in [5, 5.41) is 0. The molecule has 2 rings (SSSR count). The molecular formula is C20H38O2. The van der Waals surface area contributed by atoms with E-state index in [4.69, 9.17) is 9.47 Å². The molecule has 0 heterocycles. The molecule has 0 N–H and O–H groups in total. The van der Waals surface area contributed by atoms with E-state index < -0.39 is 0 Å². The van der Waals surface area contributed by atoms with Gasteiger partial charge in [0.2, 0.25) is 0 Å². The number of rotatable bonds is 9. The number of ether oxygens (including phenoxy) is 2. The van der Waals surface area contributed by atoms with Gasteiger partial charge in [-0.3, -0.25) is 0 Å². The highest BCUT2D eigenvalue weighted by Crippen LogP contribution is 2.41. The molecule has 130 valence electrons. The lowest BCUT2D eigenvalue weighted by molar-refractivity contribution is -0.0223. The maximum atomic E-state index is 5.99. The molecule has 2 saturated carbocycles. The van der Waals surface area contributed by atoms with Gasteiger partial charge in [0.15, 0.2) is 0 Å². The zero-order chi connectivity index (χ0) is 15.6. The van der Waals surface area contributed by atoms with E-state index in [1.165, 1.54) is 64.2 Å². The van der Waals surface area contributed by atoms with Crippen LogP contribution in [0.3, 0.4) is 0 Å². The van der Waals surface area contributed by atoms with Gasteiger partial charge in [-0.05, 0) is 62.7 Å². The van der Waals surface area contributed by atoms with E-state index in [0.717, 1.165) is 44.0 Å². The van der Waals surface area contributed by atoms with Crippen molar-refractivity contribution in [1.29, 1.82) is 0 Å². The topological polar surface area (TPSA) is 18.5 Å². The largest absolute Gasteiger partial charge is 0.379 e. The van der Waals surface area contributed by atoms with Gasteiger partial charge in [0.25, 0.3) is 0 Å². The minimum absolute atomic E-state index is 0.512. The van der Waals surface area contributed by atoms with Gasteiger partial charge in [0.05, 0.1) is 19.3 Å². The molecular weight excluding hydrogens is 272 g/mol. The van der Waals surface area contributed by atoms with Crippen LogP contribution in [0.5, 0.6) is 0 Å². The zero-order valence-corrected chi connectivity index (χ0v) is 15.0.